The van der Waals surface area contributed by atoms with E-state index in [0.717, 1.165) is 6.42 Å². The predicted octanol–water partition coefficient (Wildman–Crippen LogP) is 2.90. The molecule has 0 radical (unpaired) electrons. The van der Waals surface area contributed by atoms with Crippen LogP contribution < -0.4 is 0 Å². The molecule has 1 saturated heterocycles. The van der Waals surface area contributed by atoms with Crippen molar-refractivity contribution in [1.29, 1.82) is 0 Å². The number of likely N-dealkylation sites (tertiary alicyclic amines) is 1. The Bertz CT molecular complexity index is 413. The summed E-state index contributed by atoms with van der Waals surface area (Å²) in [6, 6.07) is 0. The molecule has 0 aromatic rings. The minimum atomic E-state index is -0.917. The van der Waals surface area contributed by atoms with Crippen molar-refractivity contribution < 1.29 is 24.2 Å². The number of carbonyl (C=O) groups excluding carboxylic acids is 1. The van der Waals surface area contributed by atoms with Crippen LogP contribution in [-0.2, 0) is 14.3 Å². The molecule has 0 saturated carbocycles. The molecule has 6 nitrogen and oxygen atoms in total. The first-order chi connectivity index (χ1) is 9.82. The molecule has 1 fully saturated rings. The number of hydrogen-bond acceptors (Lipinski definition) is 4. The highest BCUT2D eigenvalue weighted by Gasteiger charge is 2.49. The van der Waals surface area contributed by atoms with Gasteiger partial charge in [-0.3, -0.25) is 4.79 Å². The smallest absolute Gasteiger partial charge is 0.410 e. The molecule has 6 heteroatoms. The minimum absolute atomic E-state index is 0.101. The van der Waals surface area contributed by atoms with Gasteiger partial charge >= 0.3 is 12.1 Å². The maximum atomic E-state index is 11.9. The summed E-state index contributed by atoms with van der Waals surface area (Å²) < 4.78 is 11.1. The van der Waals surface area contributed by atoms with E-state index >= 15 is 0 Å². The number of ether oxygens (including phenoxy) is 2. The van der Waals surface area contributed by atoms with Gasteiger partial charge in [0.2, 0.25) is 0 Å². The first kappa shape index (κ1) is 18.7. The van der Waals surface area contributed by atoms with Crippen LogP contribution in [0.3, 0.4) is 0 Å². The molecule has 0 aliphatic carbocycles. The van der Waals surface area contributed by atoms with Gasteiger partial charge in [0.15, 0.2) is 0 Å². The Kier molecular flexibility index (Phi) is 5.49. The Hall–Kier alpha value is -1.30. The van der Waals surface area contributed by atoms with Crippen LogP contribution in [0, 0.1) is 5.41 Å². The fourth-order valence-corrected chi connectivity index (χ4v) is 2.21. The van der Waals surface area contributed by atoms with Gasteiger partial charge < -0.3 is 19.5 Å². The van der Waals surface area contributed by atoms with E-state index in [9.17, 15) is 9.59 Å². The topological polar surface area (TPSA) is 76.1 Å². The van der Waals surface area contributed by atoms with Crippen molar-refractivity contribution in [1.82, 2.24) is 4.90 Å². The summed E-state index contributed by atoms with van der Waals surface area (Å²) in [5.74, 6) is -0.917. The molecule has 1 amide bonds. The molecule has 1 aliphatic heterocycles. The van der Waals surface area contributed by atoms with Gasteiger partial charge in [0.1, 0.15) is 11.2 Å². The van der Waals surface area contributed by atoms with Gasteiger partial charge in [0.05, 0.1) is 19.5 Å². The molecule has 128 valence electrons. The summed E-state index contributed by atoms with van der Waals surface area (Å²) in [7, 11) is 0. The molecule has 1 heterocycles. The lowest BCUT2D eigenvalue weighted by Gasteiger charge is -2.49. The SMILES string of the molecule is CC(C)(C)CCOC1(CC(=O)O)CN(C(=O)OC(C)(C)C)C1. The van der Waals surface area contributed by atoms with E-state index in [1.807, 2.05) is 0 Å². The van der Waals surface area contributed by atoms with Crippen LogP contribution in [-0.4, -0.2) is 53.0 Å². The standard InChI is InChI=1S/C16H29NO5/c1-14(2,3)7-8-21-16(9-12(18)19)10-17(11-16)13(20)22-15(4,5)6/h7-11H2,1-6H3,(H,18,19). The fourth-order valence-electron chi connectivity index (χ4n) is 2.21. The summed E-state index contributed by atoms with van der Waals surface area (Å²) >= 11 is 0. The molecule has 0 atom stereocenters. The molecule has 1 aliphatic rings. The zero-order valence-corrected chi connectivity index (χ0v) is 14.6. The zero-order valence-electron chi connectivity index (χ0n) is 14.6. The number of carboxylic acids is 1. The van der Waals surface area contributed by atoms with E-state index in [4.69, 9.17) is 14.6 Å². The number of rotatable bonds is 5. The van der Waals surface area contributed by atoms with Crippen LogP contribution in [0.4, 0.5) is 4.79 Å². The van der Waals surface area contributed by atoms with Gasteiger partial charge in [-0.25, -0.2) is 4.79 Å². The summed E-state index contributed by atoms with van der Waals surface area (Å²) in [6.07, 6.45) is 0.310. The van der Waals surface area contributed by atoms with Gasteiger partial charge in [0.25, 0.3) is 0 Å². The number of amides is 1. The molecule has 1 N–H and O–H groups in total. The summed E-state index contributed by atoms with van der Waals surface area (Å²) in [6.45, 7) is 12.7. The molecule has 0 spiro atoms. The maximum absolute atomic E-state index is 11.9. The van der Waals surface area contributed by atoms with Crippen molar-refractivity contribution in [3.05, 3.63) is 0 Å². The van der Waals surface area contributed by atoms with Crippen LogP contribution in [0.5, 0.6) is 0 Å². The summed E-state index contributed by atoms with van der Waals surface area (Å²) in [5.41, 5.74) is -1.22. The van der Waals surface area contributed by atoms with Crippen LogP contribution in [0.25, 0.3) is 0 Å². The molecule has 0 aromatic carbocycles. The fraction of sp³-hybridized carbons (Fsp3) is 0.875. The highest BCUT2D eigenvalue weighted by molar-refractivity contribution is 5.72. The van der Waals surface area contributed by atoms with Crippen molar-refractivity contribution >= 4 is 12.1 Å². The third-order valence-electron chi connectivity index (χ3n) is 3.34. The largest absolute Gasteiger partial charge is 0.481 e. The molecule has 1 rings (SSSR count). The highest BCUT2D eigenvalue weighted by atomic mass is 16.6. The lowest BCUT2D eigenvalue weighted by molar-refractivity contribution is -0.168. The van der Waals surface area contributed by atoms with E-state index in [-0.39, 0.29) is 24.9 Å². The van der Waals surface area contributed by atoms with Gasteiger partial charge in [-0.15, -0.1) is 0 Å². The summed E-state index contributed by atoms with van der Waals surface area (Å²) in [5, 5.41) is 9.07. The van der Waals surface area contributed by atoms with Crippen molar-refractivity contribution in [2.45, 2.75) is 65.6 Å². The predicted molar refractivity (Wildman–Crippen MR) is 82.8 cm³/mol. The monoisotopic (exact) mass is 315 g/mol. The second-order valence-corrected chi connectivity index (χ2v) is 8.25. The maximum Gasteiger partial charge on any atom is 0.410 e. The molecular weight excluding hydrogens is 286 g/mol. The number of carboxylic acid groups (broad SMARTS) is 1. The van der Waals surface area contributed by atoms with Crippen molar-refractivity contribution in [3.63, 3.8) is 0 Å². The van der Waals surface area contributed by atoms with Crippen LogP contribution in [0.1, 0.15) is 54.4 Å². The number of nitrogens with zero attached hydrogens (tertiary/aromatic N) is 1. The first-order valence-corrected chi connectivity index (χ1v) is 7.66. The Labute approximate surface area is 132 Å². The quantitative estimate of drug-likeness (QED) is 0.844. The second-order valence-electron chi connectivity index (χ2n) is 8.25. The molecule has 0 aromatic heterocycles. The number of carbonyl (C=O) groups is 2. The minimum Gasteiger partial charge on any atom is -0.481 e. The highest BCUT2D eigenvalue weighted by Crippen LogP contribution is 2.31. The van der Waals surface area contributed by atoms with E-state index < -0.39 is 23.3 Å². The van der Waals surface area contributed by atoms with Crippen LogP contribution in [0.2, 0.25) is 0 Å². The normalized spacial score (nSPS) is 17.8. The Morgan fingerprint density at radius 1 is 1.14 bits per heavy atom. The van der Waals surface area contributed by atoms with Crippen LogP contribution >= 0.6 is 0 Å². The van der Waals surface area contributed by atoms with E-state index in [1.165, 1.54) is 4.90 Å². The van der Waals surface area contributed by atoms with E-state index in [0.29, 0.717) is 6.61 Å². The van der Waals surface area contributed by atoms with Gasteiger partial charge in [-0.1, -0.05) is 20.8 Å². The lowest BCUT2D eigenvalue weighted by atomic mass is 9.89. The van der Waals surface area contributed by atoms with Gasteiger partial charge in [0, 0.05) is 6.61 Å². The first-order valence-electron chi connectivity index (χ1n) is 7.66. The van der Waals surface area contributed by atoms with E-state index in [2.05, 4.69) is 20.8 Å². The lowest BCUT2D eigenvalue weighted by Crippen LogP contribution is -2.66. The number of hydrogen-bond donors (Lipinski definition) is 1. The summed E-state index contributed by atoms with van der Waals surface area (Å²) in [4.78, 5) is 24.5. The third kappa shape index (κ3) is 6.22. The number of aliphatic carboxylic acids is 1. The van der Waals surface area contributed by atoms with Gasteiger partial charge in [-0.05, 0) is 32.6 Å². The Morgan fingerprint density at radius 2 is 1.68 bits per heavy atom. The average molecular weight is 315 g/mol. The molecular formula is C16H29NO5. The second kappa shape index (κ2) is 6.44. The zero-order chi connectivity index (χ0) is 17.2. The Balaban J connectivity index is 2.56. The van der Waals surface area contributed by atoms with Crippen molar-refractivity contribution in [2.24, 2.45) is 5.41 Å². The Morgan fingerprint density at radius 3 is 2.09 bits per heavy atom. The molecule has 0 bridgehead atoms. The average Bonchev–Trinajstić information content (AvgIpc) is 2.19. The van der Waals surface area contributed by atoms with Crippen molar-refractivity contribution in [2.75, 3.05) is 19.7 Å². The molecule has 22 heavy (non-hydrogen) atoms. The van der Waals surface area contributed by atoms with Crippen molar-refractivity contribution in [3.8, 4) is 0 Å². The van der Waals surface area contributed by atoms with Gasteiger partial charge in [-0.2, -0.15) is 0 Å². The van der Waals surface area contributed by atoms with E-state index in [1.54, 1.807) is 20.8 Å². The third-order valence-corrected chi connectivity index (χ3v) is 3.34. The molecule has 0 unspecified atom stereocenters. The van der Waals surface area contributed by atoms with Crippen LogP contribution in [0.15, 0.2) is 0 Å².